The number of carbonyl (C=O) groups is 1. The fraction of sp³-hybridized carbons (Fsp3) is 0.364. The van der Waals surface area contributed by atoms with Crippen molar-refractivity contribution in [3.63, 3.8) is 0 Å². The molecule has 88 valence electrons. The van der Waals surface area contributed by atoms with Gasteiger partial charge in [-0.1, -0.05) is 12.1 Å². The summed E-state index contributed by atoms with van der Waals surface area (Å²) in [6.45, 7) is 1.66. The molecule has 0 heterocycles. The van der Waals surface area contributed by atoms with E-state index in [0.717, 1.165) is 0 Å². The number of aliphatic carboxylic acids is 1. The summed E-state index contributed by atoms with van der Waals surface area (Å²) in [4.78, 5) is 12.3. The summed E-state index contributed by atoms with van der Waals surface area (Å²) in [7, 11) is 0. The Bertz CT molecular complexity index is 366. The Labute approximate surface area is 94.1 Å². The van der Waals surface area contributed by atoms with Crippen LogP contribution in [0.3, 0.4) is 0 Å². The third-order valence-corrected chi connectivity index (χ3v) is 2.09. The van der Waals surface area contributed by atoms with E-state index in [1.165, 1.54) is 0 Å². The molecule has 5 heteroatoms. The standard InChI is InChI=1S/C11H16N2O3/c1-8(14)6-13(7-11(15)16)10-5-3-2-4-9(10)12/h2-5,8,14H,6-7,12H2,1H3,(H,15,16). The number of carboxylic acids is 1. The van der Waals surface area contributed by atoms with E-state index >= 15 is 0 Å². The zero-order chi connectivity index (χ0) is 12.1. The van der Waals surface area contributed by atoms with Gasteiger partial charge in [0.15, 0.2) is 0 Å². The third-order valence-electron chi connectivity index (χ3n) is 2.09. The van der Waals surface area contributed by atoms with Crippen LogP contribution in [0.5, 0.6) is 0 Å². The minimum Gasteiger partial charge on any atom is -0.480 e. The number of hydrogen-bond acceptors (Lipinski definition) is 4. The van der Waals surface area contributed by atoms with Crippen LogP contribution in [-0.4, -0.2) is 35.4 Å². The molecule has 0 amide bonds. The van der Waals surface area contributed by atoms with Gasteiger partial charge in [0.25, 0.3) is 0 Å². The van der Waals surface area contributed by atoms with Crippen LogP contribution < -0.4 is 10.6 Å². The van der Waals surface area contributed by atoms with E-state index in [-0.39, 0.29) is 13.1 Å². The number of anilines is 2. The van der Waals surface area contributed by atoms with Gasteiger partial charge in [0.2, 0.25) is 0 Å². The van der Waals surface area contributed by atoms with Gasteiger partial charge in [0.05, 0.1) is 17.5 Å². The molecule has 0 fully saturated rings. The zero-order valence-electron chi connectivity index (χ0n) is 9.13. The maximum absolute atomic E-state index is 10.7. The Morgan fingerprint density at radius 3 is 2.62 bits per heavy atom. The first-order chi connectivity index (χ1) is 7.50. The molecule has 1 aromatic rings. The van der Waals surface area contributed by atoms with Crippen molar-refractivity contribution < 1.29 is 15.0 Å². The number of aliphatic hydroxyl groups is 1. The number of aliphatic hydroxyl groups excluding tert-OH is 1. The van der Waals surface area contributed by atoms with Gasteiger partial charge in [-0.15, -0.1) is 0 Å². The predicted molar refractivity (Wildman–Crippen MR) is 62.4 cm³/mol. The number of hydrogen-bond donors (Lipinski definition) is 3. The quantitative estimate of drug-likeness (QED) is 0.635. The summed E-state index contributed by atoms with van der Waals surface area (Å²) in [6.07, 6.45) is -0.612. The Kier molecular flexibility index (Phi) is 4.13. The first-order valence-corrected chi connectivity index (χ1v) is 5.00. The molecule has 1 rings (SSSR count). The highest BCUT2D eigenvalue weighted by atomic mass is 16.4. The molecule has 0 saturated carbocycles. The van der Waals surface area contributed by atoms with Gasteiger partial charge >= 0.3 is 5.97 Å². The highest BCUT2D eigenvalue weighted by Crippen LogP contribution is 2.22. The molecule has 16 heavy (non-hydrogen) atoms. The van der Waals surface area contributed by atoms with Crippen molar-refractivity contribution in [3.8, 4) is 0 Å². The third kappa shape index (κ3) is 3.43. The Morgan fingerprint density at radius 2 is 2.12 bits per heavy atom. The summed E-state index contributed by atoms with van der Waals surface area (Å²) in [5, 5.41) is 18.1. The lowest BCUT2D eigenvalue weighted by Crippen LogP contribution is -2.35. The van der Waals surface area contributed by atoms with Crippen LogP contribution in [0.2, 0.25) is 0 Å². The number of carboxylic acid groups (broad SMARTS) is 1. The fourth-order valence-electron chi connectivity index (χ4n) is 1.51. The summed E-state index contributed by atoms with van der Waals surface area (Å²) >= 11 is 0. The second kappa shape index (κ2) is 5.37. The van der Waals surface area contributed by atoms with E-state index in [1.807, 2.05) is 0 Å². The molecule has 0 spiro atoms. The van der Waals surface area contributed by atoms with Gasteiger partial charge in [-0.25, -0.2) is 0 Å². The lowest BCUT2D eigenvalue weighted by molar-refractivity contribution is -0.135. The maximum Gasteiger partial charge on any atom is 0.323 e. The number of nitrogens with zero attached hydrogens (tertiary/aromatic N) is 1. The van der Waals surface area contributed by atoms with Crippen LogP contribution in [0, 0.1) is 0 Å². The van der Waals surface area contributed by atoms with Crippen LogP contribution in [0.15, 0.2) is 24.3 Å². The molecule has 1 atom stereocenters. The van der Waals surface area contributed by atoms with Gasteiger partial charge in [-0.2, -0.15) is 0 Å². The van der Waals surface area contributed by atoms with Gasteiger partial charge in [0.1, 0.15) is 6.54 Å². The molecule has 1 unspecified atom stereocenters. The molecule has 0 aliphatic heterocycles. The normalized spacial score (nSPS) is 12.1. The summed E-state index contributed by atoms with van der Waals surface area (Å²) in [6, 6.07) is 7.00. The molecule has 0 radical (unpaired) electrons. The molecular formula is C11H16N2O3. The highest BCUT2D eigenvalue weighted by molar-refractivity contribution is 5.77. The second-order valence-electron chi connectivity index (χ2n) is 3.68. The molecule has 0 aliphatic rings. The predicted octanol–water partition coefficient (Wildman–Crippen LogP) is 0.541. The SMILES string of the molecule is CC(O)CN(CC(=O)O)c1ccccc1N. The molecule has 0 bridgehead atoms. The molecule has 4 N–H and O–H groups in total. The van der Waals surface area contributed by atoms with Gasteiger partial charge in [-0.05, 0) is 19.1 Å². The van der Waals surface area contributed by atoms with Crippen molar-refractivity contribution in [2.75, 3.05) is 23.7 Å². The average Bonchev–Trinajstić information content (AvgIpc) is 2.15. The second-order valence-corrected chi connectivity index (χ2v) is 3.68. The van der Waals surface area contributed by atoms with E-state index in [1.54, 1.807) is 36.1 Å². The van der Waals surface area contributed by atoms with Crippen molar-refractivity contribution >= 4 is 17.3 Å². The molecule has 1 aromatic carbocycles. The van der Waals surface area contributed by atoms with E-state index in [2.05, 4.69) is 0 Å². The number of nitrogens with two attached hydrogens (primary N) is 1. The van der Waals surface area contributed by atoms with Gasteiger partial charge < -0.3 is 20.8 Å². The van der Waals surface area contributed by atoms with Crippen molar-refractivity contribution in [2.24, 2.45) is 0 Å². The first kappa shape index (κ1) is 12.3. The fourth-order valence-corrected chi connectivity index (χ4v) is 1.51. The number of nitrogen functional groups attached to an aromatic ring is 1. The first-order valence-electron chi connectivity index (χ1n) is 5.00. The maximum atomic E-state index is 10.7. The zero-order valence-corrected chi connectivity index (χ0v) is 9.13. The Morgan fingerprint density at radius 1 is 1.50 bits per heavy atom. The number of benzene rings is 1. The van der Waals surface area contributed by atoms with Gasteiger partial charge in [0, 0.05) is 6.54 Å². The lowest BCUT2D eigenvalue weighted by atomic mass is 10.2. The van der Waals surface area contributed by atoms with Crippen molar-refractivity contribution in [1.82, 2.24) is 0 Å². The van der Waals surface area contributed by atoms with Crippen molar-refractivity contribution in [3.05, 3.63) is 24.3 Å². The summed E-state index contributed by atoms with van der Waals surface area (Å²) < 4.78 is 0. The van der Waals surface area contributed by atoms with Gasteiger partial charge in [-0.3, -0.25) is 4.79 Å². The van der Waals surface area contributed by atoms with Crippen molar-refractivity contribution in [2.45, 2.75) is 13.0 Å². The van der Waals surface area contributed by atoms with Crippen LogP contribution >= 0.6 is 0 Å². The smallest absolute Gasteiger partial charge is 0.323 e. The average molecular weight is 224 g/mol. The largest absolute Gasteiger partial charge is 0.480 e. The van der Waals surface area contributed by atoms with E-state index in [4.69, 9.17) is 10.8 Å². The number of para-hydroxylation sites is 2. The number of rotatable bonds is 5. The van der Waals surface area contributed by atoms with Crippen LogP contribution in [0.25, 0.3) is 0 Å². The van der Waals surface area contributed by atoms with Crippen LogP contribution in [0.4, 0.5) is 11.4 Å². The van der Waals surface area contributed by atoms with Crippen molar-refractivity contribution in [1.29, 1.82) is 0 Å². The Hall–Kier alpha value is -1.75. The summed E-state index contributed by atoms with van der Waals surface area (Å²) in [5.74, 6) is -0.955. The molecule has 0 aliphatic carbocycles. The highest BCUT2D eigenvalue weighted by Gasteiger charge is 2.14. The van der Waals surface area contributed by atoms with E-state index in [9.17, 15) is 9.90 Å². The molecule has 5 nitrogen and oxygen atoms in total. The van der Waals surface area contributed by atoms with Crippen LogP contribution in [0.1, 0.15) is 6.92 Å². The molecule has 0 aromatic heterocycles. The molecule has 0 saturated heterocycles. The van der Waals surface area contributed by atoms with E-state index < -0.39 is 12.1 Å². The lowest BCUT2D eigenvalue weighted by Gasteiger charge is -2.25. The minimum absolute atomic E-state index is 0.181. The minimum atomic E-state index is -0.955. The topological polar surface area (TPSA) is 86.8 Å². The van der Waals surface area contributed by atoms with E-state index in [0.29, 0.717) is 11.4 Å². The van der Waals surface area contributed by atoms with Crippen LogP contribution in [-0.2, 0) is 4.79 Å². The monoisotopic (exact) mass is 224 g/mol. The molecular weight excluding hydrogens is 208 g/mol. The summed E-state index contributed by atoms with van der Waals surface area (Å²) in [5.41, 5.74) is 6.89. The Balaban J connectivity index is 2.91.